The molecular weight excluding hydrogens is 390 g/mol. The summed E-state index contributed by atoms with van der Waals surface area (Å²) in [5.41, 5.74) is 0.00192. The van der Waals surface area contributed by atoms with Gasteiger partial charge in [-0.3, -0.25) is 24.5 Å². The molecule has 0 saturated heterocycles. The summed E-state index contributed by atoms with van der Waals surface area (Å²) in [5, 5.41) is 11.1. The van der Waals surface area contributed by atoms with E-state index in [4.69, 9.17) is 9.47 Å². The molecular formula is C22H23NO7. The van der Waals surface area contributed by atoms with Crippen molar-refractivity contribution in [1.29, 1.82) is 0 Å². The maximum atomic E-state index is 12.7. The molecule has 0 saturated carbocycles. The molecule has 8 nitrogen and oxygen atoms in total. The smallest absolute Gasteiger partial charge is 0.317 e. The number of ketones is 2. The highest BCUT2D eigenvalue weighted by atomic mass is 16.6. The minimum absolute atomic E-state index is 0.0571. The van der Waals surface area contributed by atoms with Crippen LogP contribution in [0.15, 0.2) is 54.6 Å². The molecule has 2 unspecified atom stereocenters. The lowest BCUT2D eigenvalue weighted by Gasteiger charge is -2.23. The number of non-ortho nitro benzene ring substituents is 1. The van der Waals surface area contributed by atoms with Crippen molar-refractivity contribution in [3.05, 3.63) is 70.3 Å². The fourth-order valence-corrected chi connectivity index (χ4v) is 3.06. The van der Waals surface area contributed by atoms with Crippen molar-refractivity contribution < 1.29 is 28.8 Å². The number of nitrogens with zero attached hydrogens (tertiary/aromatic N) is 1. The summed E-state index contributed by atoms with van der Waals surface area (Å²) in [4.78, 5) is 48.0. The first-order chi connectivity index (χ1) is 14.3. The second-order valence-corrected chi connectivity index (χ2v) is 6.57. The third kappa shape index (κ3) is 5.97. The van der Waals surface area contributed by atoms with E-state index in [1.807, 2.05) is 6.07 Å². The number of carbonyl (C=O) groups is 3. The van der Waals surface area contributed by atoms with Gasteiger partial charge in [-0.05, 0) is 24.6 Å². The van der Waals surface area contributed by atoms with E-state index in [0.717, 1.165) is 0 Å². The highest BCUT2D eigenvalue weighted by Gasteiger charge is 2.39. The van der Waals surface area contributed by atoms with E-state index >= 15 is 0 Å². The molecule has 2 atom stereocenters. The zero-order chi connectivity index (χ0) is 22.1. The summed E-state index contributed by atoms with van der Waals surface area (Å²) in [6.07, 6.45) is 0.0571. The Labute approximate surface area is 174 Å². The van der Waals surface area contributed by atoms with E-state index in [1.165, 1.54) is 31.2 Å². The molecule has 30 heavy (non-hydrogen) atoms. The van der Waals surface area contributed by atoms with E-state index in [2.05, 4.69) is 0 Å². The molecule has 2 aromatic carbocycles. The van der Waals surface area contributed by atoms with Crippen LogP contribution in [0.5, 0.6) is 5.75 Å². The largest absolute Gasteiger partial charge is 0.490 e. The number of hydrogen-bond acceptors (Lipinski definition) is 7. The van der Waals surface area contributed by atoms with Gasteiger partial charge in [0, 0.05) is 18.6 Å². The Bertz CT molecular complexity index is 911. The van der Waals surface area contributed by atoms with Gasteiger partial charge in [0.15, 0.2) is 0 Å². The topological polar surface area (TPSA) is 113 Å². The van der Waals surface area contributed by atoms with Gasteiger partial charge in [-0.1, -0.05) is 37.3 Å². The second-order valence-electron chi connectivity index (χ2n) is 6.57. The molecule has 0 spiro atoms. The van der Waals surface area contributed by atoms with E-state index in [0.29, 0.717) is 5.75 Å². The summed E-state index contributed by atoms with van der Waals surface area (Å²) in [7, 11) is 0. The first-order valence-electron chi connectivity index (χ1n) is 9.47. The van der Waals surface area contributed by atoms with Crippen LogP contribution in [0.4, 0.5) is 5.69 Å². The number of nitro groups is 1. The van der Waals surface area contributed by atoms with E-state index in [-0.39, 0.29) is 36.7 Å². The van der Waals surface area contributed by atoms with E-state index in [9.17, 15) is 24.5 Å². The van der Waals surface area contributed by atoms with Gasteiger partial charge >= 0.3 is 5.97 Å². The average Bonchev–Trinajstić information content (AvgIpc) is 2.74. The number of para-hydroxylation sites is 1. The Morgan fingerprint density at radius 2 is 1.73 bits per heavy atom. The Balaban J connectivity index is 2.17. The number of esters is 1. The molecule has 0 aliphatic heterocycles. The normalized spacial score (nSPS) is 12.5. The molecule has 0 radical (unpaired) electrons. The zero-order valence-corrected chi connectivity index (χ0v) is 16.8. The van der Waals surface area contributed by atoms with Gasteiger partial charge in [0.05, 0.1) is 10.8 Å². The quantitative estimate of drug-likeness (QED) is 0.182. The average molecular weight is 413 g/mol. The molecule has 0 aliphatic carbocycles. The number of benzene rings is 2. The van der Waals surface area contributed by atoms with Crippen LogP contribution in [0.3, 0.4) is 0 Å². The number of rotatable bonds is 11. The molecule has 0 fully saturated rings. The van der Waals surface area contributed by atoms with Crippen molar-refractivity contribution in [2.45, 2.75) is 26.2 Å². The van der Waals surface area contributed by atoms with Crippen LogP contribution < -0.4 is 4.74 Å². The van der Waals surface area contributed by atoms with Gasteiger partial charge in [-0.15, -0.1) is 0 Å². The summed E-state index contributed by atoms with van der Waals surface area (Å²) in [5.74, 6) is -3.74. The van der Waals surface area contributed by atoms with Gasteiger partial charge in [0.1, 0.15) is 36.4 Å². The zero-order valence-electron chi connectivity index (χ0n) is 16.8. The van der Waals surface area contributed by atoms with Gasteiger partial charge in [0.2, 0.25) is 0 Å². The number of nitro benzene ring substituents is 1. The minimum atomic E-state index is -1.39. The Hall–Kier alpha value is -3.55. The molecule has 0 amide bonds. The number of carbonyl (C=O) groups excluding carboxylic acids is 3. The van der Waals surface area contributed by atoms with Crippen molar-refractivity contribution in [2.24, 2.45) is 5.92 Å². The van der Waals surface area contributed by atoms with Crippen LogP contribution in [-0.2, 0) is 19.1 Å². The monoisotopic (exact) mass is 413 g/mol. The third-order valence-electron chi connectivity index (χ3n) is 4.50. The van der Waals surface area contributed by atoms with Gasteiger partial charge in [0.25, 0.3) is 5.69 Å². The van der Waals surface area contributed by atoms with Crippen molar-refractivity contribution in [3.8, 4) is 5.75 Å². The predicted molar refractivity (Wildman–Crippen MR) is 108 cm³/mol. The van der Waals surface area contributed by atoms with Gasteiger partial charge in [-0.25, -0.2) is 0 Å². The molecule has 2 aromatic rings. The standard InChI is InChI=1S/C22H23NO7/c1-3-19(25)21(16-8-7-9-17(14-16)23(27)28)20(15(2)24)22(26)30-13-12-29-18-10-5-4-6-11-18/h4-11,14,20-21H,3,12-13H2,1-2H3. The van der Waals surface area contributed by atoms with Gasteiger partial charge < -0.3 is 9.47 Å². The van der Waals surface area contributed by atoms with Crippen molar-refractivity contribution in [3.63, 3.8) is 0 Å². The van der Waals surface area contributed by atoms with Crippen molar-refractivity contribution >= 4 is 23.2 Å². The number of ether oxygens (including phenoxy) is 2. The number of hydrogen-bond donors (Lipinski definition) is 0. The molecule has 0 heterocycles. The lowest BCUT2D eigenvalue weighted by atomic mass is 9.79. The van der Waals surface area contributed by atoms with Crippen LogP contribution >= 0.6 is 0 Å². The Morgan fingerprint density at radius 1 is 1.03 bits per heavy atom. The Morgan fingerprint density at radius 3 is 2.33 bits per heavy atom. The number of Topliss-reactive ketones (excluding diaryl/α,β-unsaturated/α-hetero) is 2. The molecule has 8 heteroatoms. The minimum Gasteiger partial charge on any atom is -0.490 e. The predicted octanol–water partition coefficient (Wildman–Crippen LogP) is 3.48. The highest BCUT2D eigenvalue weighted by Crippen LogP contribution is 2.31. The maximum Gasteiger partial charge on any atom is 0.317 e. The lowest BCUT2D eigenvalue weighted by molar-refractivity contribution is -0.384. The molecule has 0 N–H and O–H groups in total. The first-order valence-corrected chi connectivity index (χ1v) is 9.47. The lowest BCUT2D eigenvalue weighted by Crippen LogP contribution is -2.35. The van der Waals surface area contributed by atoms with Crippen LogP contribution in [-0.4, -0.2) is 35.7 Å². The fourth-order valence-electron chi connectivity index (χ4n) is 3.06. The van der Waals surface area contributed by atoms with E-state index < -0.39 is 28.5 Å². The summed E-state index contributed by atoms with van der Waals surface area (Å²) >= 11 is 0. The third-order valence-corrected chi connectivity index (χ3v) is 4.50. The first kappa shape index (κ1) is 22.7. The molecule has 0 aromatic heterocycles. The summed E-state index contributed by atoms with van der Waals surface area (Å²) < 4.78 is 10.6. The van der Waals surface area contributed by atoms with Crippen molar-refractivity contribution in [2.75, 3.05) is 13.2 Å². The van der Waals surface area contributed by atoms with E-state index in [1.54, 1.807) is 31.2 Å². The van der Waals surface area contributed by atoms with Gasteiger partial charge in [-0.2, -0.15) is 0 Å². The molecule has 2 rings (SSSR count). The molecule has 0 aliphatic rings. The molecule has 158 valence electrons. The van der Waals surface area contributed by atoms with Crippen LogP contribution in [0.1, 0.15) is 31.7 Å². The summed E-state index contributed by atoms with van der Waals surface area (Å²) in [6, 6.07) is 14.3. The van der Waals surface area contributed by atoms with Crippen molar-refractivity contribution in [1.82, 2.24) is 0 Å². The van der Waals surface area contributed by atoms with Crippen LogP contribution in [0.25, 0.3) is 0 Å². The fraction of sp³-hybridized carbons (Fsp3) is 0.318. The van der Waals surface area contributed by atoms with Crippen LogP contribution in [0, 0.1) is 16.0 Å². The Kier molecular flexibility index (Phi) is 8.22. The van der Waals surface area contributed by atoms with Crippen LogP contribution in [0.2, 0.25) is 0 Å². The summed E-state index contributed by atoms with van der Waals surface area (Å²) in [6.45, 7) is 2.76. The molecule has 0 bridgehead atoms. The highest BCUT2D eigenvalue weighted by molar-refractivity contribution is 6.04. The maximum absolute atomic E-state index is 12.7. The SMILES string of the molecule is CCC(=O)C(c1cccc([N+](=O)[O-])c1)C(C(C)=O)C(=O)OCCOc1ccccc1. The second kappa shape index (κ2) is 10.8.